The van der Waals surface area contributed by atoms with Gasteiger partial charge >= 0.3 is 0 Å². The molecule has 1 rings (SSSR count). The number of ether oxygens (including phenoxy) is 1. The van der Waals surface area contributed by atoms with Gasteiger partial charge in [0.05, 0.1) is 16.1 Å². The van der Waals surface area contributed by atoms with E-state index in [0.717, 1.165) is 4.47 Å². The monoisotopic (exact) mass is 306 g/mol. The van der Waals surface area contributed by atoms with Gasteiger partial charge < -0.3 is 4.74 Å². The summed E-state index contributed by atoms with van der Waals surface area (Å²) in [5, 5.41) is 0. The standard InChI is InChI=1S/C9H8Br2O2/c1-5(12)6-3-4-7(10)9(13-2)8(6)11/h3-4H,1-2H3. The van der Waals surface area contributed by atoms with Crippen molar-refractivity contribution in [3.8, 4) is 5.75 Å². The van der Waals surface area contributed by atoms with Crippen LogP contribution in [0.25, 0.3) is 0 Å². The third-order valence-electron chi connectivity index (χ3n) is 1.63. The lowest BCUT2D eigenvalue weighted by Crippen LogP contribution is -1.96. The maximum Gasteiger partial charge on any atom is 0.161 e. The molecule has 1 aromatic carbocycles. The Labute approximate surface area is 93.5 Å². The first-order valence-corrected chi connectivity index (χ1v) is 5.19. The number of halogens is 2. The number of methoxy groups -OCH3 is 1. The topological polar surface area (TPSA) is 26.3 Å². The molecule has 0 spiro atoms. The number of carbonyl (C=O) groups is 1. The molecule has 0 N–H and O–H groups in total. The number of hydrogen-bond acceptors (Lipinski definition) is 2. The first-order valence-electron chi connectivity index (χ1n) is 3.61. The number of Topliss-reactive ketones (excluding diaryl/α,β-unsaturated/α-hetero) is 1. The maximum atomic E-state index is 11.1. The highest BCUT2D eigenvalue weighted by atomic mass is 79.9. The molecule has 0 amide bonds. The number of hydrogen-bond donors (Lipinski definition) is 0. The molecule has 0 aliphatic carbocycles. The van der Waals surface area contributed by atoms with Crippen LogP contribution in [0.15, 0.2) is 21.1 Å². The van der Waals surface area contributed by atoms with E-state index in [1.54, 1.807) is 19.2 Å². The first kappa shape index (κ1) is 10.7. The van der Waals surface area contributed by atoms with Gasteiger partial charge in [-0.3, -0.25) is 4.79 Å². The average molecular weight is 308 g/mol. The highest BCUT2D eigenvalue weighted by Gasteiger charge is 2.12. The molecule has 0 fully saturated rings. The number of carbonyl (C=O) groups excluding carboxylic acids is 1. The minimum Gasteiger partial charge on any atom is -0.494 e. The van der Waals surface area contributed by atoms with Crippen LogP contribution in [0.2, 0.25) is 0 Å². The summed E-state index contributed by atoms with van der Waals surface area (Å²) in [6, 6.07) is 3.54. The van der Waals surface area contributed by atoms with Gasteiger partial charge in [-0.05, 0) is 50.9 Å². The lowest BCUT2D eigenvalue weighted by atomic mass is 10.1. The average Bonchev–Trinajstić information content (AvgIpc) is 2.04. The van der Waals surface area contributed by atoms with Crippen LogP contribution in [0.4, 0.5) is 0 Å². The Kier molecular flexibility index (Phi) is 3.50. The molecule has 0 aliphatic heterocycles. The normalized spacial score (nSPS) is 9.85. The van der Waals surface area contributed by atoms with Gasteiger partial charge in [0.25, 0.3) is 0 Å². The summed E-state index contributed by atoms with van der Waals surface area (Å²) >= 11 is 6.64. The fraction of sp³-hybridized carbons (Fsp3) is 0.222. The molecule has 70 valence electrons. The van der Waals surface area contributed by atoms with Gasteiger partial charge in [0.15, 0.2) is 5.78 Å². The zero-order valence-electron chi connectivity index (χ0n) is 7.23. The summed E-state index contributed by atoms with van der Waals surface area (Å²) in [5.41, 5.74) is 0.625. The van der Waals surface area contributed by atoms with E-state index < -0.39 is 0 Å². The Hall–Kier alpha value is -0.350. The van der Waals surface area contributed by atoms with Crippen molar-refractivity contribution in [2.75, 3.05) is 7.11 Å². The van der Waals surface area contributed by atoms with E-state index in [9.17, 15) is 4.79 Å². The van der Waals surface area contributed by atoms with E-state index in [0.29, 0.717) is 15.8 Å². The fourth-order valence-electron chi connectivity index (χ4n) is 0.992. The van der Waals surface area contributed by atoms with E-state index in [1.807, 2.05) is 0 Å². The van der Waals surface area contributed by atoms with Gasteiger partial charge in [-0.2, -0.15) is 0 Å². The summed E-state index contributed by atoms with van der Waals surface area (Å²) in [6.45, 7) is 1.52. The molecule has 0 saturated heterocycles. The molecule has 0 heterocycles. The lowest BCUT2D eigenvalue weighted by molar-refractivity contribution is 0.101. The van der Waals surface area contributed by atoms with Crippen LogP contribution in [0.5, 0.6) is 5.75 Å². The number of ketones is 1. The van der Waals surface area contributed by atoms with Gasteiger partial charge in [0, 0.05) is 5.56 Å². The van der Waals surface area contributed by atoms with Gasteiger partial charge in [0.2, 0.25) is 0 Å². The number of rotatable bonds is 2. The maximum absolute atomic E-state index is 11.1. The summed E-state index contributed by atoms with van der Waals surface area (Å²) in [5.74, 6) is 0.658. The van der Waals surface area contributed by atoms with Crippen molar-refractivity contribution >= 4 is 37.6 Å². The van der Waals surface area contributed by atoms with Crippen molar-refractivity contribution < 1.29 is 9.53 Å². The molecule has 2 nitrogen and oxygen atoms in total. The van der Waals surface area contributed by atoms with E-state index in [-0.39, 0.29) is 5.78 Å². The van der Waals surface area contributed by atoms with Crippen LogP contribution >= 0.6 is 31.9 Å². The van der Waals surface area contributed by atoms with E-state index >= 15 is 0 Å². The van der Waals surface area contributed by atoms with Gasteiger partial charge in [-0.15, -0.1) is 0 Å². The third-order valence-corrected chi connectivity index (χ3v) is 3.04. The van der Waals surface area contributed by atoms with Crippen LogP contribution in [0.1, 0.15) is 17.3 Å². The Morgan fingerprint density at radius 1 is 1.38 bits per heavy atom. The van der Waals surface area contributed by atoms with Gasteiger partial charge in [-0.1, -0.05) is 0 Å². The Morgan fingerprint density at radius 2 is 2.00 bits per heavy atom. The molecular weight excluding hydrogens is 300 g/mol. The van der Waals surface area contributed by atoms with Crippen molar-refractivity contribution in [3.05, 3.63) is 26.6 Å². The Balaban J connectivity index is 3.35. The number of benzene rings is 1. The van der Waals surface area contributed by atoms with Crippen molar-refractivity contribution in [2.24, 2.45) is 0 Å². The molecule has 0 aliphatic rings. The molecule has 0 radical (unpaired) electrons. The predicted molar refractivity (Wildman–Crippen MR) is 58.4 cm³/mol. The molecule has 0 atom stereocenters. The molecule has 4 heteroatoms. The highest BCUT2D eigenvalue weighted by molar-refractivity contribution is 9.11. The van der Waals surface area contributed by atoms with Crippen molar-refractivity contribution in [1.82, 2.24) is 0 Å². The minimum atomic E-state index is 0.0117. The summed E-state index contributed by atoms with van der Waals surface area (Å²) in [6.07, 6.45) is 0. The van der Waals surface area contributed by atoms with Gasteiger partial charge in [0.1, 0.15) is 5.75 Å². The van der Waals surface area contributed by atoms with Crippen LogP contribution in [-0.2, 0) is 0 Å². The van der Waals surface area contributed by atoms with E-state index in [2.05, 4.69) is 31.9 Å². The van der Waals surface area contributed by atoms with Crippen LogP contribution < -0.4 is 4.74 Å². The molecule has 1 aromatic rings. The second-order valence-corrected chi connectivity index (χ2v) is 4.15. The molecule has 0 unspecified atom stereocenters. The van der Waals surface area contributed by atoms with Crippen molar-refractivity contribution in [3.63, 3.8) is 0 Å². The smallest absolute Gasteiger partial charge is 0.161 e. The van der Waals surface area contributed by atoms with Crippen LogP contribution in [-0.4, -0.2) is 12.9 Å². The molecule has 0 bridgehead atoms. The molecular formula is C9H8Br2O2. The highest BCUT2D eigenvalue weighted by Crippen LogP contribution is 2.35. The zero-order valence-corrected chi connectivity index (χ0v) is 10.4. The van der Waals surface area contributed by atoms with Crippen molar-refractivity contribution in [1.29, 1.82) is 0 Å². The van der Waals surface area contributed by atoms with Gasteiger partial charge in [-0.25, -0.2) is 0 Å². The zero-order chi connectivity index (χ0) is 10.0. The Morgan fingerprint density at radius 3 is 2.46 bits per heavy atom. The van der Waals surface area contributed by atoms with Crippen molar-refractivity contribution in [2.45, 2.75) is 6.92 Å². The second-order valence-electron chi connectivity index (χ2n) is 2.50. The minimum absolute atomic E-state index is 0.0117. The predicted octanol–water partition coefficient (Wildman–Crippen LogP) is 3.42. The molecule has 0 saturated carbocycles. The second kappa shape index (κ2) is 4.24. The molecule has 0 aromatic heterocycles. The first-order chi connectivity index (χ1) is 6.07. The summed E-state index contributed by atoms with van der Waals surface area (Å²) in [7, 11) is 1.56. The van der Waals surface area contributed by atoms with E-state index in [1.165, 1.54) is 6.92 Å². The third kappa shape index (κ3) is 2.11. The quantitative estimate of drug-likeness (QED) is 0.783. The lowest BCUT2D eigenvalue weighted by Gasteiger charge is -2.08. The van der Waals surface area contributed by atoms with E-state index in [4.69, 9.17) is 4.74 Å². The fourth-order valence-corrected chi connectivity index (χ4v) is 2.54. The summed E-state index contributed by atoms with van der Waals surface area (Å²) in [4.78, 5) is 11.1. The SMILES string of the molecule is COc1c(Br)ccc(C(C)=O)c1Br. The molecule has 13 heavy (non-hydrogen) atoms. The largest absolute Gasteiger partial charge is 0.494 e. The Bertz CT molecular complexity index is 348. The van der Waals surface area contributed by atoms with Crippen LogP contribution in [0, 0.1) is 0 Å². The van der Waals surface area contributed by atoms with Crippen LogP contribution in [0.3, 0.4) is 0 Å². The summed E-state index contributed by atoms with van der Waals surface area (Å²) < 4.78 is 6.64.